The molecule has 0 aliphatic heterocycles. The van der Waals surface area contributed by atoms with Gasteiger partial charge in [0.05, 0.1) is 5.41 Å². The van der Waals surface area contributed by atoms with E-state index in [0.717, 1.165) is 38.4 Å². The van der Waals surface area contributed by atoms with Gasteiger partial charge < -0.3 is 9.53 Å². The smallest absolute Gasteiger partial charge is 0.302 e. The van der Waals surface area contributed by atoms with Crippen molar-refractivity contribution in [2.75, 3.05) is 0 Å². The molecule has 4 heteroatoms. The topological polar surface area (TPSA) is 60.4 Å². The second-order valence-electron chi connectivity index (χ2n) is 7.96. The van der Waals surface area contributed by atoms with Crippen LogP contribution in [0.15, 0.2) is 0 Å². The standard InChI is InChI=1S/C18H26O4/c1-11(20)22-16-7-5-13-12-4-6-15(21)18(3,10-19)14(12)8-9-17(13,16)2/h10,12-14,16H,4-9H2,1-3H3/t12-,13+,14+,16+,17-,18+/m0/s1. The lowest BCUT2D eigenvalue weighted by Gasteiger charge is -2.53. The minimum absolute atomic E-state index is 0.00364. The molecule has 3 aliphatic rings. The van der Waals surface area contributed by atoms with E-state index in [2.05, 4.69) is 6.92 Å². The zero-order chi connectivity index (χ0) is 16.1. The van der Waals surface area contributed by atoms with Gasteiger partial charge in [-0.25, -0.2) is 0 Å². The molecular weight excluding hydrogens is 280 g/mol. The Morgan fingerprint density at radius 2 is 1.91 bits per heavy atom. The number of hydrogen-bond acceptors (Lipinski definition) is 4. The fraction of sp³-hybridized carbons (Fsp3) is 0.833. The van der Waals surface area contributed by atoms with Crippen molar-refractivity contribution in [1.82, 2.24) is 0 Å². The average Bonchev–Trinajstić information content (AvgIpc) is 2.79. The van der Waals surface area contributed by atoms with Crippen molar-refractivity contribution >= 4 is 18.0 Å². The van der Waals surface area contributed by atoms with Crippen molar-refractivity contribution in [1.29, 1.82) is 0 Å². The molecule has 0 radical (unpaired) electrons. The number of ketones is 1. The minimum atomic E-state index is -0.802. The third kappa shape index (κ3) is 2.06. The van der Waals surface area contributed by atoms with Crippen molar-refractivity contribution in [3.8, 4) is 0 Å². The summed E-state index contributed by atoms with van der Waals surface area (Å²) in [7, 11) is 0. The highest BCUT2D eigenvalue weighted by Gasteiger charge is 2.60. The molecule has 0 spiro atoms. The number of ether oxygens (including phenoxy) is 1. The molecule has 4 nitrogen and oxygen atoms in total. The zero-order valence-electron chi connectivity index (χ0n) is 13.8. The maximum atomic E-state index is 12.3. The van der Waals surface area contributed by atoms with E-state index < -0.39 is 5.41 Å². The first-order valence-electron chi connectivity index (χ1n) is 8.50. The van der Waals surface area contributed by atoms with Crippen LogP contribution in [0.1, 0.15) is 59.3 Å². The zero-order valence-corrected chi connectivity index (χ0v) is 13.8. The fourth-order valence-electron chi connectivity index (χ4n) is 5.71. The first kappa shape index (κ1) is 15.7. The van der Waals surface area contributed by atoms with Gasteiger partial charge in [-0.05, 0) is 56.8 Å². The van der Waals surface area contributed by atoms with Crippen molar-refractivity contribution in [3.05, 3.63) is 0 Å². The molecule has 22 heavy (non-hydrogen) atoms. The van der Waals surface area contributed by atoms with Crippen LogP contribution < -0.4 is 0 Å². The van der Waals surface area contributed by atoms with E-state index in [0.29, 0.717) is 18.3 Å². The Hall–Kier alpha value is -1.19. The van der Waals surface area contributed by atoms with Gasteiger partial charge in [-0.3, -0.25) is 9.59 Å². The van der Waals surface area contributed by atoms with Crippen LogP contribution in [0.3, 0.4) is 0 Å². The lowest BCUT2D eigenvalue weighted by Crippen LogP contribution is -2.53. The molecule has 0 saturated heterocycles. The van der Waals surface area contributed by atoms with Crippen LogP contribution in [0.25, 0.3) is 0 Å². The summed E-state index contributed by atoms with van der Waals surface area (Å²) in [6, 6.07) is 0. The molecule has 3 rings (SSSR count). The Labute approximate surface area is 132 Å². The molecule has 6 atom stereocenters. The van der Waals surface area contributed by atoms with Gasteiger partial charge in [-0.1, -0.05) is 6.92 Å². The van der Waals surface area contributed by atoms with Crippen LogP contribution in [0.2, 0.25) is 0 Å². The number of Topliss-reactive ketones (excluding diaryl/α,β-unsaturated/α-hetero) is 1. The van der Waals surface area contributed by atoms with Gasteiger partial charge in [0.15, 0.2) is 0 Å². The predicted octanol–water partition coefficient (Wildman–Crippen LogP) is 2.93. The molecule has 3 aliphatic carbocycles. The molecule has 0 heterocycles. The summed E-state index contributed by atoms with van der Waals surface area (Å²) < 4.78 is 5.59. The molecule has 0 aromatic heterocycles. The van der Waals surface area contributed by atoms with Gasteiger partial charge >= 0.3 is 5.97 Å². The van der Waals surface area contributed by atoms with E-state index in [9.17, 15) is 14.4 Å². The Balaban J connectivity index is 1.88. The Kier molecular flexibility index (Phi) is 3.69. The normalized spacial score (nSPS) is 47.5. The molecule has 0 aromatic rings. The summed E-state index contributed by atoms with van der Waals surface area (Å²) in [5.41, 5.74) is -0.791. The molecule has 3 fully saturated rings. The van der Waals surface area contributed by atoms with Crippen molar-refractivity contribution < 1.29 is 19.1 Å². The lowest BCUT2D eigenvalue weighted by atomic mass is 9.50. The van der Waals surface area contributed by atoms with Crippen molar-refractivity contribution in [2.24, 2.45) is 28.6 Å². The molecule has 0 aromatic carbocycles. The van der Waals surface area contributed by atoms with Gasteiger partial charge in [0.25, 0.3) is 0 Å². The number of fused-ring (bicyclic) bond motifs is 3. The van der Waals surface area contributed by atoms with E-state index >= 15 is 0 Å². The van der Waals surface area contributed by atoms with Crippen LogP contribution in [-0.4, -0.2) is 24.1 Å². The Morgan fingerprint density at radius 3 is 2.55 bits per heavy atom. The van der Waals surface area contributed by atoms with Crippen LogP contribution in [0, 0.1) is 28.6 Å². The van der Waals surface area contributed by atoms with Crippen LogP contribution >= 0.6 is 0 Å². The fourth-order valence-corrected chi connectivity index (χ4v) is 5.71. The molecule has 0 bridgehead atoms. The number of rotatable bonds is 2. The van der Waals surface area contributed by atoms with Crippen LogP contribution in [0.4, 0.5) is 0 Å². The van der Waals surface area contributed by atoms with E-state index in [1.807, 2.05) is 6.92 Å². The van der Waals surface area contributed by atoms with E-state index in [4.69, 9.17) is 4.74 Å². The number of hydrogen-bond donors (Lipinski definition) is 0. The van der Waals surface area contributed by atoms with Crippen molar-refractivity contribution in [3.63, 3.8) is 0 Å². The largest absolute Gasteiger partial charge is 0.462 e. The van der Waals surface area contributed by atoms with Gasteiger partial charge in [-0.15, -0.1) is 0 Å². The number of carbonyl (C=O) groups is 3. The van der Waals surface area contributed by atoms with E-state index in [-0.39, 0.29) is 29.2 Å². The third-order valence-corrected chi connectivity index (χ3v) is 6.98. The molecule has 122 valence electrons. The van der Waals surface area contributed by atoms with Gasteiger partial charge in [0.2, 0.25) is 0 Å². The maximum Gasteiger partial charge on any atom is 0.302 e. The maximum absolute atomic E-state index is 12.3. The lowest BCUT2D eigenvalue weighted by molar-refractivity contribution is -0.160. The Bertz CT molecular complexity index is 513. The third-order valence-electron chi connectivity index (χ3n) is 6.98. The molecule has 3 saturated carbocycles. The number of carbonyl (C=O) groups excluding carboxylic acids is 3. The summed E-state index contributed by atoms with van der Waals surface area (Å²) in [6.07, 6.45) is 6.07. The van der Waals surface area contributed by atoms with Crippen molar-refractivity contribution in [2.45, 2.75) is 65.4 Å². The monoisotopic (exact) mass is 306 g/mol. The van der Waals surface area contributed by atoms with Crippen LogP contribution in [0.5, 0.6) is 0 Å². The van der Waals surface area contributed by atoms with Crippen LogP contribution in [-0.2, 0) is 19.1 Å². The van der Waals surface area contributed by atoms with Gasteiger partial charge in [0.1, 0.15) is 18.2 Å². The number of esters is 1. The minimum Gasteiger partial charge on any atom is -0.462 e. The first-order chi connectivity index (χ1) is 10.3. The highest BCUT2D eigenvalue weighted by Crippen LogP contribution is 2.62. The Morgan fingerprint density at radius 1 is 1.18 bits per heavy atom. The van der Waals surface area contributed by atoms with Gasteiger partial charge in [0, 0.05) is 18.8 Å². The van der Waals surface area contributed by atoms with E-state index in [1.54, 1.807) is 0 Å². The summed E-state index contributed by atoms with van der Waals surface area (Å²) in [5, 5.41) is 0. The summed E-state index contributed by atoms with van der Waals surface area (Å²) in [6.45, 7) is 5.55. The summed E-state index contributed by atoms with van der Waals surface area (Å²) in [5.74, 6) is 0.947. The quantitative estimate of drug-likeness (QED) is 0.447. The average molecular weight is 306 g/mol. The molecule has 0 amide bonds. The predicted molar refractivity (Wildman–Crippen MR) is 81.0 cm³/mol. The second kappa shape index (κ2) is 5.17. The first-order valence-corrected chi connectivity index (χ1v) is 8.50. The van der Waals surface area contributed by atoms with Gasteiger partial charge in [-0.2, -0.15) is 0 Å². The van der Waals surface area contributed by atoms with E-state index in [1.165, 1.54) is 6.92 Å². The SMILES string of the molecule is CC(=O)O[C@@H]1CC[C@@H]2[C@@H]3CCC(=O)[C@](C)(C=O)[C@@H]3CC[C@@]21C. The summed E-state index contributed by atoms with van der Waals surface area (Å²) in [4.78, 5) is 35.3. The second-order valence-corrected chi connectivity index (χ2v) is 7.96. The number of aldehydes is 1. The summed E-state index contributed by atoms with van der Waals surface area (Å²) >= 11 is 0. The molecular formula is C18H26O4. The highest BCUT2D eigenvalue weighted by molar-refractivity contribution is 5.98. The highest BCUT2D eigenvalue weighted by atomic mass is 16.5. The molecule has 0 N–H and O–H groups in total. The molecule has 0 unspecified atom stereocenters.